The van der Waals surface area contributed by atoms with Gasteiger partial charge in [-0.1, -0.05) is 27.3 Å². The van der Waals surface area contributed by atoms with E-state index in [-0.39, 0.29) is 17.2 Å². The Morgan fingerprint density at radius 2 is 1.67 bits per heavy atom. The Morgan fingerprint density at radius 3 is 2.23 bits per heavy atom. The number of hydrogen-bond donors (Lipinski definition) is 0. The van der Waals surface area contributed by atoms with Crippen molar-refractivity contribution in [2.24, 2.45) is 4.99 Å². The second kappa shape index (κ2) is 11.7. The molecule has 0 radical (unpaired) electrons. The van der Waals surface area contributed by atoms with Gasteiger partial charge in [-0.25, -0.2) is 9.79 Å². The maximum absolute atomic E-state index is 14.0. The molecule has 1 aliphatic rings. The molecule has 0 N–H and O–H groups in total. The number of halogens is 1. The van der Waals surface area contributed by atoms with Gasteiger partial charge in [-0.3, -0.25) is 9.36 Å². The van der Waals surface area contributed by atoms with Gasteiger partial charge in [0.2, 0.25) is 5.75 Å². The summed E-state index contributed by atoms with van der Waals surface area (Å²) in [5, 5.41) is 0. The molecule has 0 aliphatic carbocycles. The summed E-state index contributed by atoms with van der Waals surface area (Å²) in [4.78, 5) is 32.4. The first-order valence-corrected chi connectivity index (χ1v) is 13.6. The van der Waals surface area contributed by atoms with Gasteiger partial charge in [0.25, 0.3) is 5.56 Å². The first-order valence-electron chi connectivity index (χ1n) is 12.0. The van der Waals surface area contributed by atoms with E-state index in [2.05, 4.69) is 20.9 Å². The van der Waals surface area contributed by atoms with Gasteiger partial charge in [0.1, 0.15) is 11.8 Å². The van der Waals surface area contributed by atoms with Crippen molar-refractivity contribution in [3.05, 3.63) is 76.9 Å². The summed E-state index contributed by atoms with van der Waals surface area (Å²) in [7, 11) is 6.13. The van der Waals surface area contributed by atoms with Crippen LogP contribution in [0.1, 0.15) is 37.9 Å². The largest absolute Gasteiger partial charge is 0.496 e. The lowest BCUT2D eigenvalue weighted by molar-refractivity contribution is -0.143. The first-order chi connectivity index (χ1) is 18.6. The molecule has 2 heterocycles. The second-order valence-corrected chi connectivity index (χ2v) is 10.8. The average Bonchev–Trinajstić information content (AvgIpc) is 3.20. The van der Waals surface area contributed by atoms with Crippen LogP contribution in [0, 0.1) is 0 Å². The van der Waals surface area contributed by atoms with Gasteiger partial charge in [-0.05, 0) is 62.7 Å². The van der Waals surface area contributed by atoms with E-state index < -0.39 is 12.0 Å². The standard InChI is InChI=1S/C28H29BrN2O7S/c1-14(2)38-27(33)23-15(3)30-28-31(24(23)18-13-17(29)8-9-19(18)34-4)26(32)22(39-28)12-16-10-20(35-5)25(37-7)21(11-16)36-6/h8-14,24H,1-7H3/b22-12-/t24-/m0/s1. The number of aromatic nitrogens is 1. The number of allylic oxidation sites excluding steroid dienone is 1. The fourth-order valence-corrected chi connectivity index (χ4v) is 5.83. The van der Waals surface area contributed by atoms with Crippen LogP contribution in [0.4, 0.5) is 0 Å². The zero-order valence-electron chi connectivity index (χ0n) is 22.7. The molecule has 0 fully saturated rings. The summed E-state index contributed by atoms with van der Waals surface area (Å²) in [5.41, 5.74) is 1.71. The van der Waals surface area contributed by atoms with Crippen LogP contribution in [0.3, 0.4) is 0 Å². The molecule has 0 bridgehead atoms. The SMILES string of the molecule is COc1ccc(Br)cc1[C@H]1C(C(=O)OC(C)C)=C(C)N=c2s/c(=C\c3cc(OC)c(OC)c(OC)c3)c(=O)n21. The van der Waals surface area contributed by atoms with Crippen molar-refractivity contribution >= 4 is 39.3 Å². The Bertz CT molecular complexity index is 1610. The average molecular weight is 618 g/mol. The number of hydrogen-bond acceptors (Lipinski definition) is 9. The molecule has 2 aromatic carbocycles. The van der Waals surface area contributed by atoms with Crippen LogP contribution in [0.5, 0.6) is 23.0 Å². The highest BCUT2D eigenvalue weighted by Crippen LogP contribution is 2.39. The van der Waals surface area contributed by atoms with Crippen LogP contribution in [0.25, 0.3) is 6.08 Å². The van der Waals surface area contributed by atoms with Crippen molar-refractivity contribution < 1.29 is 28.5 Å². The van der Waals surface area contributed by atoms with Crippen LogP contribution in [0.2, 0.25) is 0 Å². The lowest BCUT2D eigenvalue weighted by atomic mass is 9.95. The lowest BCUT2D eigenvalue weighted by Crippen LogP contribution is -2.40. The number of methoxy groups -OCH3 is 4. The van der Waals surface area contributed by atoms with Gasteiger partial charge in [-0.15, -0.1) is 0 Å². The first kappa shape index (κ1) is 28.4. The Labute approximate surface area is 238 Å². The smallest absolute Gasteiger partial charge is 0.338 e. The number of carbonyl (C=O) groups is 1. The molecular formula is C28H29BrN2O7S. The predicted octanol–water partition coefficient (Wildman–Crippen LogP) is 3.98. The molecule has 1 aromatic heterocycles. The maximum Gasteiger partial charge on any atom is 0.338 e. The quantitative estimate of drug-likeness (QED) is 0.353. The van der Waals surface area contributed by atoms with Crippen molar-refractivity contribution in [2.45, 2.75) is 32.9 Å². The Hall–Kier alpha value is -3.57. The Morgan fingerprint density at radius 1 is 1.03 bits per heavy atom. The normalized spacial score (nSPS) is 15.1. The van der Waals surface area contributed by atoms with Gasteiger partial charge < -0.3 is 23.7 Å². The third kappa shape index (κ3) is 5.46. The van der Waals surface area contributed by atoms with Crippen molar-refractivity contribution in [1.82, 2.24) is 4.57 Å². The zero-order chi connectivity index (χ0) is 28.4. The predicted molar refractivity (Wildman–Crippen MR) is 152 cm³/mol. The lowest BCUT2D eigenvalue weighted by Gasteiger charge is -2.26. The minimum atomic E-state index is -0.818. The number of rotatable bonds is 8. The highest BCUT2D eigenvalue weighted by molar-refractivity contribution is 9.10. The van der Waals surface area contributed by atoms with Gasteiger partial charge in [0.05, 0.1) is 50.3 Å². The Balaban J connectivity index is 2.00. The van der Waals surface area contributed by atoms with Crippen LogP contribution in [0.15, 0.2) is 55.9 Å². The summed E-state index contributed by atoms with van der Waals surface area (Å²) in [5.74, 6) is 1.35. The summed E-state index contributed by atoms with van der Waals surface area (Å²) in [6.45, 7) is 5.29. The molecule has 0 spiro atoms. The van der Waals surface area contributed by atoms with Gasteiger partial charge in [0, 0.05) is 10.0 Å². The molecule has 11 heteroatoms. The molecular weight excluding hydrogens is 588 g/mol. The number of thiazole rings is 1. The molecule has 1 aliphatic heterocycles. The number of esters is 1. The molecule has 3 aromatic rings. The van der Waals surface area contributed by atoms with Crippen LogP contribution in [-0.2, 0) is 9.53 Å². The third-order valence-electron chi connectivity index (χ3n) is 6.06. The van der Waals surface area contributed by atoms with Gasteiger partial charge in [0.15, 0.2) is 16.3 Å². The molecule has 1 atom stereocenters. The Kier molecular flexibility index (Phi) is 8.51. The third-order valence-corrected chi connectivity index (χ3v) is 7.53. The number of carbonyl (C=O) groups excluding carboxylic acids is 1. The topological polar surface area (TPSA) is 97.6 Å². The molecule has 0 saturated carbocycles. The van der Waals surface area contributed by atoms with Crippen molar-refractivity contribution in [3.63, 3.8) is 0 Å². The monoisotopic (exact) mass is 616 g/mol. The molecule has 0 unspecified atom stereocenters. The van der Waals surface area contributed by atoms with Gasteiger partial charge >= 0.3 is 5.97 Å². The molecule has 4 rings (SSSR count). The minimum absolute atomic E-state index is 0.270. The summed E-state index contributed by atoms with van der Waals surface area (Å²) < 4.78 is 30.3. The number of nitrogens with zero attached hydrogens (tertiary/aromatic N) is 2. The van der Waals surface area contributed by atoms with E-state index in [4.69, 9.17) is 23.7 Å². The zero-order valence-corrected chi connectivity index (χ0v) is 25.1. The van der Waals surface area contributed by atoms with Crippen molar-refractivity contribution in [2.75, 3.05) is 28.4 Å². The molecule has 9 nitrogen and oxygen atoms in total. The number of fused-ring (bicyclic) bond motifs is 1. The van der Waals surface area contributed by atoms with E-state index in [9.17, 15) is 9.59 Å². The fraction of sp³-hybridized carbons (Fsp3) is 0.321. The van der Waals surface area contributed by atoms with Crippen LogP contribution < -0.4 is 33.8 Å². The van der Waals surface area contributed by atoms with Gasteiger partial charge in [-0.2, -0.15) is 0 Å². The summed E-state index contributed by atoms with van der Waals surface area (Å²) in [6, 6.07) is 8.14. The summed E-state index contributed by atoms with van der Waals surface area (Å²) in [6.07, 6.45) is 1.38. The second-order valence-electron chi connectivity index (χ2n) is 8.88. The van der Waals surface area contributed by atoms with E-state index in [1.54, 1.807) is 52.2 Å². The fourth-order valence-electron chi connectivity index (χ4n) is 4.41. The van der Waals surface area contributed by atoms with Crippen molar-refractivity contribution in [1.29, 1.82) is 0 Å². The van der Waals surface area contributed by atoms with E-state index >= 15 is 0 Å². The highest BCUT2D eigenvalue weighted by Gasteiger charge is 2.35. The number of benzene rings is 2. The van der Waals surface area contributed by atoms with Crippen LogP contribution in [-0.4, -0.2) is 45.1 Å². The van der Waals surface area contributed by atoms with E-state index in [1.165, 1.54) is 37.2 Å². The molecule has 0 saturated heterocycles. The maximum atomic E-state index is 14.0. The number of ether oxygens (including phenoxy) is 5. The molecule has 0 amide bonds. The van der Waals surface area contributed by atoms with E-state index in [1.807, 2.05) is 12.1 Å². The highest BCUT2D eigenvalue weighted by atomic mass is 79.9. The van der Waals surface area contributed by atoms with E-state index in [0.717, 1.165) is 4.47 Å². The van der Waals surface area contributed by atoms with Crippen molar-refractivity contribution in [3.8, 4) is 23.0 Å². The molecule has 39 heavy (non-hydrogen) atoms. The molecule has 206 valence electrons. The van der Waals surface area contributed by atoms with E-state index in [0.29, 0.717) is 49.2 Å². The minimum Gasteiger partial charge on any atom is -0.496 e. The van der Waals surface area contributed by atoms with Crippen LogP contribution >= 0.6 is 27.3 Å². The summed E-state index contributed by atoms with van der Waals surface area (Å²) >= 11 is 4.73.